The van der Waals surface area contributed by atoms with E-state index in [-0.39, 0.29) is 25.0 Å². The fraction of sp³-hybridized carbons (Fsp3) is 0.163. The number of ether oxygens (including phenoxy) is 4. The average molecular weight is 751 g/mol. The van der Waals surface area contributed by atoms with Crippen LogP contribution in [0.2, 0.25) is 0 Å². The Morgan fingerprint density at radius 2 is 0.623 bits per heavy atom. The van der Waals surface area contributed by atoms with E-state index in [1.165, 1.54) is 67.3 Å². The van der Waals surface area contributed by atoms with Crippen molar-refractivity contribution in [1.29, 1.82) is 0 Å². The number of sulfone groups is 2. The first-order valence-electron chi connectivity index (χ1n) is 16.7. The zero-order valence-electron chi connectivity index (χ0n) is 30.4. The lowest BCUT2D eigenvalue weighted by Gasteiger charge is -2.26. The molecule has 53 heavy (non-hydrogen) atoms. The molecular formula is C43H42O8S2. The van der Waals surface area contributed by atoms with Crippen LogP contribution in [-0.4, -0.2) is 38.2 Å². The number of aryl methyl sites for hydroxylation is 1. The van der Waals surface area contributed by atoms with E-state index < -0.39 is 19.7 Å². The SMILES string of the molecule is COc1ccc(S(=O)(=O)c2ccc(OC)cc2)cc1.COc1ccc(S(=O)(=O)c2ccc(Oc3ccc(C(C)(C)c4ccc(C)cc4)cc3)cc2)cc1. The van der Waals surface area contributed by atoms with Crippen LogP contribution in [0.15, 0.2) is 165 Å². The summed E-state index contributed by atoms with van der Waals surface area (Å²) in [6.07, 6.45) is 0. The van der Waals surface area contributed by atoms with E-state index >= 15 is 0 Å². The fourth-order valence-corrected chi connectivity index (χ4v) is 7.96. The van der Waals surface area contributed by atoms with Gasteiger partial charge in [-0.05, 0) is 127 Å². The minimum absolute atomic E-state index is 0.135. The molecule has 0 aliphatic carbocycles. The molecule has 0 amide bonds. The van der Waals surface area contributed by atoms with E-state index in [4.69, 9.17) is 18.9 Å². The maximum atomic E-state index is 12.9. The Morgan fingerprint density at radius 3 is 0.906 bits per heavy atom. The molecule has 10 heteroatoms. The monoisotopic (exact) mass is 750 g/mol. The lowest BCUT2D eigenvalue weighted by molar-refractivity contribution is 0.414. The van der Waals surface area contributed by atoms with Gasteiger partial charge in [0.2, 0.25) is 19.7 Å². The van der Waals surface area contributed by atoms with E-state index in [1.807, 2.05) is 12.1 Å². The van der Waals surface area contributed by atoms with Crippen molar-refractivity contribution < 1.29 is 35.8 Å². The molecule has 0 unspecified atom stereocenters. The molecule has 0 saturated heterocycles. The lowest BCUT2D eigenvalue weighted by atomic mass is 9.78. The Labute approximate surface area is 312 Å². The van der Waals surface area contributed by atoms with Gasteiger partial charge in [-0.25, -0.2) is 16.8 Å². The van der Waals surface area contributed by atoms with Crippen molar-refractivity contribution in [3.63, 3.8) is 0 Å². The molecule has 0 aromatic heterocycles. The third kappa shape index (κ3) is 9.08. The van der Waals surface area contributed by atoms with Gasteiger partial charge in [-0.15, -0.1) is 0 Å². The van der Waals surface area contributed by atoms with Crippen LogP contribution in [0.5, 0.6) is 28.7 Å². The Hall–Kier alpha value is -5.58. The molecule has 0 radical (unpaired) electrons. The van der Waals surface area contributed by atoms with Crippen LogP contribution in [0.25, 0.3) is 0 Å². The van der Waals surface area contributed by atoms with Crippen LogP contribution in [0, 0.1) is 6.92 Å². The van der Waals surface area contributed by atoms with Crippen molar-refractivity contribution >= 4 is 19.7 Å². The van der Waals surface area contributed by atoms with Gasteiger partial charge in [-0.1, -0.05) is 55.8 Å². The molecule has 0 N–H and O–H groups in total. The molecule has 0 atom stereocenters. The second kappa shape index (κ2) is 16.4. The maximum Gasteiger partial charge on any atom is 0.206 e. The summed E-state index contributed by atoms with van der Waals surface area (Å²) in [5.74, 6) is 3.10. The molecule has 6 aromatic rings. The first-order chi connectivity index (χ1) is 25.3. The second-order valence-corrected chi connectivity index (χ2v) is 16.5. The highest BCUT2D eigenvalue weighted by Crippen LogP contribution is 2.34. The van der Waals surface area contributed by atoms with Crippen molar-refractivity contribution in [3.8, 4) is 28.7 Å². The Bertz CT molecular complexity index is 2260. The molecular weight excluding hydrogens is 709 g/mol. The zero-order chi connectivity index (χ0) is 38.2. The minimum Gasteiger partial charge on any atom is -0.497 e. The normalized spacial score (nSPS) is 11.5. The molecule has 0 aliphatic rings. The highest BCUT2D eigenvalue weighted by atomic mass is 32.2. The number of hydrogen-bond donors (Lipinski definition) is 0. The van der Waals surface area contributed by atoms with Gasteiger partial charge in [0.1, 0.15) is 28.7 Å². The zero-order valence-corrected chi connectivity index (χ0v) is 32.1. The van der Waals surface area contributed by atoms with Gasteiger partial charge in [0.25, 0.3) is 0 Å². The number of rotatable bonds is 11. The van der Waals surface area contributed by atoms with Gasteiger partial charge >= 0.3 is 0 Å². The summed E-state index contributed by atoms with van der Waals surface area (Å²) < 4.78 is 71.6. The molecule has 6 aromatic carbocycles. The summed E-state index contributed by atoms with van der Waals surface area (Å²) >= 11 is 0. The smallest absolute Gasteiger partial charge is 0.206 e. The third-order valence-electron chi connectivity index (χ3n) is 8.83. The van der Waals surface area contributed by atoms with Gasteiger partial charge in [-0.2, -0.15) is 0 Å². The van der Waals surface area contributed by atoms with Crippen LogP contribution < -0.4 is 18.9 Å². The summed E-state index contributed by atoms with van der Waals surface area (Å²) in [7, 11) is -2.50. The predicted molar refractivity (Wildman–Crippen MR) is 206 cm³/mol. The molecule has 0 fully saturated rings. The molecule has 0 aliphatic heterocycles. The fourth-order valence-electron chi connectivity index (χ4n) is 5.44. The molecule has 0 bridgehead atoms. The van der Waals surface area contributed by atoms with Gasteiger partial charge in [0, 0.05) is 5.41 Å². The van der Waals surface area contributed by atoms with E-state index in [9.17, 15) is 16.8 Å². The summed E-state index contributed by atoms with van der Waals surface area (Å²) in [4.78, 5) is 0.894. The topological polar surface area (TPSA) is 105 Å². The van der Waals surface area contributed by atoms with Crippen molar-refractivity contribution in [1.82, 2.24) is 0 Å². The van der Waals surface area contributed by atoms with Crippen LogP contribution in [-0.2, 0) is 25.1 Å². The molecule has 0 saturated carbocycles. The summed E-state index contributed by atoms with van der Waals surface area (Å²) in [5.41, 5.74) is 3.54. The van der Waals surface area contributed by atoms with E-state index in [0.29, 0.717) is 28.7 Å². The predicted octanol–water partition coefficient (Wildman–Crippen LogP) is 9.49. The number of benzene rings is 6. The van der Waals surface area contributed by atoms with Gasteiger partial charge in [0.05, 0.1) is 40.9 Å². The highest BCUT2D eigenvalue weighted by Gasteiger charge is 2.23. The lowest BCUT2D eigenvalue weighted by Crippen LogP contribution is -2.18. The van der Waals surface area contributed by atoms with E-state index in [0.717, 1.165) is 0 Å². The quantitative estimate of drug-likeness (QED) is 0.129. The van der Waals surface area contributed by atoms with Crippen molar-refractivity contribution in [2.75, 3.05) is 21.3 Å². The average Bonchev–Trinajstić information content (AvgIpc) is 3.19. The first-order valence-corrected chi connectivity index (χ1v) is 19.6. The Morgan fingerprint density at radius 1 is 0.377 bits per heavy atom. The molecule has 8 nitrogen and oxygen atoms in total. The third-order valence-corrected chi connectivity index (χ3v) is 12.4. The van der Waals surface area contributed by atoms with E-state index in [2.05, 4.69) is 57.2 Å². The number of hydrogen-bond acceptors (Lipinski definition) is 8. The standard InChI is InChI=1S/C29H28O4S.C14H14O4S/c1-21-5-7-22(8-6-21)29(2,3)23-9-11-25(12-10-23)33-26-15-19-28(20-16-26)34(30,31)27-17-13-24(32-4)14-18-27;1-17-11-3-7-13(8-4-11)19(15,16)14-9-5-12(18-2)6-10-14/h5-20H,1-4H3;3-10H,1-2H3. The van der Waals surface area contributed by atoms with Gasteiger partial charge in [-0.3, -0.25) is 0 Å². The second-order valence-electron chi connectivity index (χ2n) is 12.6. The summed E-state index contributed by atoms with van der Waals surface area (Å²) in [5, 5.41) is 0. The van der Waals surface area contributed by atoms with E-state index in [1.54, 1.807) is 67.8 Å². The Kier molecular flexibility index (Phi) is 12.0. The summed E-state index contributed by atoms with van der Waals surface area (Å²) in [6, 6.07) is 42.0. The largest absolute Gasteiger partial charge is 0.497 e. The first kappa shape index (κ1) is 38.6. The number of methoxy groups -OCH3 is 3. The summed E-state index contributed by atoms with van der Waals surface area (Å²) in [6.45, 7) is 6.50. The van der Waals surface area contributed by atoms with Crippen LogP contribution in [0.1, 0.15) is 30.5 Å². The molecule has 0 spiro atoms. The van der Waals surface area contributed by atoms with Gasteiger partial charge in [0.15, 0.2) is 0 Å². The minimum atomic E-state index is -3.62. The molecule has 274 valence electrons. The van der Waals surface area contributed by atoms with Crippen LogP contribution in [0.3, 0.4) is 0 Å². The highest BCUT2D eigenvalue weighted by molar-refractivity contribution is 7.91. The molecule has 0 heterocycles. The van der Waals surface area contributed by atoms with Gasteiger partial charge < -0.3 is 18.9 Å². The van der Waals surface area contributed by atoms with Crippen molar-refractivity contribution in [3.05, 3.63) is 162 Å². The molecule has 6 rings (SSSR count). The Balaban J connectivity index is 0.000000241. The van der Waals surface area contributed by atoms with Crippen molar-refractivity contribution in [2.45, 2.75) is 45.8 Å². The van der Waals surface area contributed by atoms with Crippen molar-refractivity contribution in [2.24, 2.45) is 0 Å². The van der Waals surface area contributed by atoms with Crippen LogP contribution >= 0.6 is 0 Å². The maximum absolute atomic E-state index is 12.9. The van der Waals surface area contributed by atoms with Crippen LogP contribution in [0.4, 0.5) is 0 Å².